The second-order valence-electron chi connectivity index (χ2n) is 3.97. The summed E-state index contributed by atoms with van der Waals surface area (Å²) in [5.74, 6) is 0.161. The number of aromatic nitrogens is 2. The summed E-state index contributed by atoms with van der Waals surface area (Å²) in [6.07, 6.45) is 2.43. The predicted molar refractivity (Wildman–Crippen MR) is 70.8 cm³/mol. The highest BCUT2D eigenvalue weighted by Gasteiger charge is 2.10. The third-order valence-electron chi connectivity index (χ3n) is 2.69. The van der Waals surface area contributed by atoms with Crippen molar-refractivity contribution in [2.45, 2.75) is 32.7 Å². The van der Waals surface area contributed by atoms with Gasteiger partial charge in [-0.05, 0) is 26.2 Å². The Kier molecular flexibility index (Phi) is 5.44. The van der Waals surface area contributed by atoms with Crippen LogP contribution in [0.1, 0.15) is 26.2 Å². The maximum Gasteiger partial charge on any atom is 0.330 e. The molecule has 0 aliphatic carbocycles. The SMILES string of the molecule is CCn1c(N)c(NCCCCCO)c(=O)[nH]c1=O. The van der Waals surface area contributed by atoms with Crippen molar-refractivity contribution in [2.75, 3.05) is 24.2 Å². The molecule has 0 aromatic carbocycles. The van der Waals surface area contributed by atoms with Crippen LogP contribution in [0.2, 0.25) is 0 Å². The van der Waals surface area contributed by atoms with Crippen LogP contribution in [0.5, 0.6) is 0 Å². The van der Waals surface area contributed by atoms with Gasteiger partial charge in [0.2, 0.25) is 0 Å². The van der Waals surface area contributed by atoms with Crippen LogP contribution in [-0.2, 0) is 6.54 Å². The molecule has 0 spiro atoms. The van der Waals surface area contributed by atoms with Gasteiger partial charge in [-0.1, -0.05) is 0 Å². The van der Waals surface area contributed by atoms with E-state index < -0.39 is 11.2 Å². The van der Waals surface area contributed by atoms with Gasteiger partial charge in [0.05, 0.1) is 0 Å². The lowest BCUT2D eigenvalue weighted by Gasteiger charge is -2.12. The molecule has 0 aliphatic rings. The Bertz CT molecular complexity index is 492. The van der Waals surface area contributed by atoms with E-state index in [0.717, 1.165) is 19.3 Å². The van der Waals surface area contributed by atoms with Crippen molar-refractivity contribution in [1.29, 1.82) is 0 Å². The molecule has 7 heteroatoms. The summed E-state index contributed by atoms with van der Waals surface area (Å²) in [4.78, 5) is 25.2. The van der Waals surface area contributed by atoms with E-state index in [4.69, 9.17) is 10.8 Å². The highest BCUT2D eigenvalue weighted by molar-refractivity contribution is 5.60. The van der Waals surface area contributed by atoms with Gasteiger partial charge in [0, 0.05) is 19.7 Å². The molecule has 0 aliphatic heterocycles. The molecule has 1 aromatic heterocycles. The molecule has 7 nitrogen and oxygen atoms in total. The highest BCUT2D eigenvalue weighted by atomic mass is 16.3. The van der Waals surface area contributed by atoms with E-state index in [1.165, 1.54) is 4.57 Å². The first-order valence-electron chi connectivity index (χ1n) is 6.09. The Morgan fingerprint density at radius 2 is 2.06 bits per heavy atom. The fourth-order valence-corrected chi connectivity index (χ4v) is 1.70. The quantitative estimate of drug-likeness (QED) is 0.501. The first kappa shape index (κ1) is 14.3. The van der Waals surface area contributed by atoms with Crippen molar-refractivity contribution in [1.82, 2.24) is 9.55 Å². The smallest absolute Gasteiger partial charge is 0.330 e. The molecule has 0 saturated heterocycles. The fourth-order valence-electron chi connectivity index (χ4n) is 1.70. The van der Waals surface area contributed by atoms with Crippen LogP contribution in [0.3, 0.4) is 0 Å². The van der Waals surface area contributed by atoms with Crippen molar-refractivity contribution in [3.63, 3.8) is 0 Å². The van der Waals surface area contributed by atoms with Crippen LogP contribution < -0.4 is 22.3 Å². The molecule has 0 radical (unpaired) electrons. The van der Waals surface area contributed by atoms with E-state index in [1.54, 1.807) is 6.92 Å². The van der Waals surface area contributed by atoms with Gasteiger partial charge in [-0.2, -0.15) is 0 Å². The van der Waals surface area contributed by atoms with Gasteiger partial charge in [0.1, 0.15) is 11.5 Å². The van der Waals surface area contributed by atoms with Crippen molar-refractivity contribution < 1.29 is 5.11 Å². The number of nitrogens with one attached hydrogen (secondary N) is 2. The third kappa shape index (κ3) is 3.36. The van der Waals surface area contributed by atoms with E-state index in [-0.39, 0.29) is 18.1 Å². The average molecular weight is 256 g/mol. The number of hydrogen-bond donors (Lipinski definition) is 4. The minimum absolute atomic E-state index is 0.161. The number of rotatable bonds is 7. The minimum Gasteiger partial charge on any atom is -0.396 e. The lowest BCUT2D eigenvalue weighted by atomic mass is 10.2. The van der Waals surface area contributed by atoms with Gasteiger partial charge in [-0.15, -0.1) is 0 Å². The monoisotopic (exact) mass is 256 g/mol. The first-order chi connectivity index (χ1) is 8.61. The molecular formula is C11H20N4O3. The van der Waals surface area contributed by atoms with Crippen LogP contribution in [-0.4, -0.2) is 27.8 Å². The Labute approximate surface area is 105 Å². The molecule has 0 amide bonds. The number of nitrogens with two attached hydrogens (primary N) is 1. The summed E-state index contributed by atoms with van der Waals surface area (Å²) in [7, 11) is 0. The van der Waals surface area contributed by atoms with E-state index in [1.807, 2.05) is 0 Å². The first-order valence-corrected chi connectivity index (χ1v) is 6.09. The largest absolute Gasteiger partial charge is 0.396 e. The average Bonchev–Trinajstić information content (AvgIpc) is 2.32. The summed E-state index contributed by atoms with van der Waals surface area (Å²) in [6, 6.07) is 0. The van der Waals surface area contributed by atoms with Crippen LogP contribution >= 0.6 is 0 Å². The third-order valence-corrected chi connectivity index (χ3v) is 2.69. The van der Waals surface area contributed by atoms with Crippen molar-refractivity contribution in [3.05, 3.63) is 20.8 Å². The fraction of sp³-hybridized carbons (Fsp3) is 0.636. The molecule has 1 rings (SSSR count). The molecule has 0 atom stereocenters. The van der Waals surface area contributed by atoms with Crippen molar-refractivity contribution in [2.24, 2.45) is 0 Å². The summed E-state index contributed by atoms with van der Waals surface area (Å²) < 4.78 is 1.30. The van der Waals surface area contributed by atoms with Gasteiger partial charge in [0.25, 0.3) is 5.56 Å². The lowest BCUT2D eigenvalue weighted by Crippen LogP contribution is -2.33. The van der Waals surface area contributed by atoms with E-state index >= 15 is 0 Å². The molecule has 1 heterocycles. The lowest BCUT2D eigenvalue weighted by molar-refractivity contribution is 0.283. The zero-order valence-electron chi connectivity index (χ0n) is 10.5. The van der Waals surface area contributed by atoms with Gasteiger partial charge < -0.3 is 16.2 Å². The Morgan fingerprint density at radius 1 is 1.33 bits per heavy atom. The summed E-state index contributed by atoms with van der Waals surface area (Å²) >= 11 is 0. The van der Waals surface area contributed by atoms with Gasteiger partial charge in [-0.25, -0.2) is 4.79 Å². The highest BCUT2D eigenvalue weighted by Crippen LogP contribution is 2.09. The van der Waals surface area contributed by atoms with Crippen LogP contribution in [0.4, 0.5) is 11.5 Å². The van der Waals surface area contributed by atoms with Gasteiger partial charge >= 0.3 is 5.69 Å². The normalized spacial score (nSPS) is 10.6. The molecule has 0 fully saturated rings. The van der Waals surface area contributed by atoms with Crippen LogP contribution in [0.25, 0.3) is 0 Å². The maximum atomic E-state index is 11.6. The van der Waals surface area contributed by atoms with E-state index in [2.05, 4.69) is 10.3 Å². The molecule has 0 bridgehead atoms. The number of aromatic amines is 1. The van der Waals surface area contributed by atoms with Crippen molar-refractivity contribution >= 4 is 11.5 Å². The zero-order chi connectivity index (χ0) is 13.5. The van der Waals surface area contributed by atoms with Crippen molar-refractivity contribution in [3.8, 4) is 0 Å². The zero-order valence-corrected chi connectivity index (χ0v) is 10.5. The molecular weight excluding hydrogens is 236 g/mol. The number of aliphatic hydroxyl groups is 1. The van der Waals surface area contributed by atoms with Crippen LogP contribution in [0.15, 0.2) is 9.59 Å². The second-order valence-corrected chi connectivity index (χ2v) is 3.97. The molecule has 0 unspecified atom stereocenters. The Hall–Kier alpha value is -1.76. The minimum atomic E-state index is -0.496. The standard InChI is InChI=1S/C11H20N4O3/c1-2-15-9(12)8(10(17)14-11(15)18)13-6-4-3-5-7-16/h13,16H,2-7,12H2,1H3,(H,14,17,18). The summed E-state index contributed by atoms with van der Waals surface area (Å²) in [5, 5.41) is 11.6. The maximum absolute atomic E-state index is 11.6. The number of nitrogens with zero attached hydrogens (tertiary/aromatic N) is 1. The molecule has 102 valence electrons. The van der Waals surface area contributed by atoms with Crippen LogP contribution in [0, 0.1) is 0 Å². The number of nitrogen functional groups attached to an aromatic ring is 1. The van der Waals surface area contributed by atoms with E-state index in [0.29, 0.717) is 13.1 Å². The molecule has 5 N–H and O–H groups in total. The van der Waals surface area contributed by atoms with E-state index in [9.17, 15) is 9.59 Å². The molecule has 1 aromatic rings. The Morgan fingerprint density at radius 3 is 2.67 bits per heavy atom. The van der Waals surface area contributed by atoms with Gasteiger partial charge in [-0.3, -0.25) is 14.3 Å². The topological polar surface area (TPSA) is 113 Å². The number of aliphatic hydroxyl groups excluding tert-OH is 1. The van der Waals surface area contributed by atoms with Gasteiger partial charge in [0.15, 0.2) is 0 Å². The molecule has 18 heavy (non-hydrogen) atoms. The number of H-pyrrole nitrogens is 1. The number of unbranched alkanes of at least 4 members (excludes halogenated alkanes) is 2. The number of hydrogen-bond acceptors (Lipinski definition) is 5. The molecule has 0 saturated carbocycles. The summed E-state index contributed by atoms with van der Waals surface area (Å²) in [6.45, 7) is 2.93. The predicted octanol–water partition coefficient (Wildman–Crippen LogP) is -0.287. The number of anilines is 2. The second kappa shape index (κ2) is 6.85. The summed E-state index contributed by atoms with van der Waals surface area (Å²) in [5.41, 5.74) is 5.02. The Balaban J connectivity index is 2.77.